The molecule has 0 aliphatic carbocycles. The van der Waals surface area contributed by atoms with Crippen LogP contribution in [0.5, 0.6) is 0 Å². The Morgan fingerprint density at radius 1 is 1.27 bits per heavy atom. The highest BCUT2D eigenvalue weighted by Crippen LogP contribution is 2.30. The lowest BCUT2D eigenvalue weighted by molar-refractivity contribution is -0.135. The summed E-state index contributed by atoms with van der Waals surface area (Å²) in [6, 6.07) is 12.7. The van der Waals surface area contributed by atoms with Crippen molar-refractivity contribution in [3.05, 3.63) is 70.5 Å². The van der Waals surface area contributed by atoms with Gasteiger partial charge in [-0.1, -0.05) is 29.8 Å². The largest absolute Gasteiger partial charge is 0.446 e. The summed E-state index contributed by atoms with van der Waals surface area (Å²) < 4.78 is 18.8. The molecule has 0 radical (unpaired) electrons. The van der Waals surface area contributed by atoms with Crippen molar-refractivity contribution in [2.45, 2.75) is 13.2 Å². The zero-order valence-electron chi connectivity index (χ0n) is 11.7. The van der Waals surface area contributed by atoms with Gasteiger partial charge in [-0.25, -0.2) is 4.39 Å². The number of hydrazone groups is 1. The summed E-state index contributed by atoms with van der Waals surface area (Å²) in [4.78, 5) is 11.8. The summed E-state index contributed by atoms with van der Waals surface area (Å²) in [6.45, 7) is 1.39. The van der Waals surface area contributed by atoms with Crippen LogP contribution >= 0.6 is 11.6 Å². The average molecular weight is 319 g/mol. The summed E-state index contributed by atoms with van der Waals surface area (Å²) in [6.07, 6.45) is -0.716. The van der Waals surface area contributed by atoms with E-state index in [1.54, 1.807) is 36.4 Å². The van der Waals surface area contributed by atoms with Crippen LogP contribution in [-0.2, 0) is 9.53 Å². The molecule has 4 nitrogen and oxygen atoms in total. The summed E-state index contributed by atoms with van der Waals surface area (Å²) in [7, 11) is 0. The highest BCUT2D eigenvalue weighted by atomic mass is 35.5. The molecule has 0 saturated heterocycles. The first-order chi connectivity index (χ1) is 10.5. The molecule has 0 saturated carbocycles. The number of ether oxygens (including phenoxy) is 1. The number of hydrogen-bond donors (Lipinski definition) is 0. The Balaban J connectivity index is 1.94. The molecule has 112 valence electrons. The minimum atomic E-state index is -0.716. The zero-order valence-corrected chi connectivity index (χ0v) is 12.4. The highest BCUT2D eigenvalue weighted by molar-refractivity contribution is 6.31. The van der Waals surface area contributed by atoms with E-state index in [0.29, 0.717) is 22.0 Å². The zero-order chi connectivity index (χ0) is 15.7. The quantitative estimate of drug-likeness (QED) is 0.847. The maximum atomic E-state index is 13.1. The van der Waals surface area contributed by atoms with E-state index >= 15 is 0 Å². The summed E-state index contributed by atoms with van der Waals surface area (Å²) >= 11 is 5.96. The number of rotatable bonds is 2. The molecule has 0 unspecified atom stereocenters. The Morgan fingerprint density at radius 3 is 2.64 bits per heavy atom. The normalized spacial score (nSPS) is 17.1. The van der Waals surface area contributed by atoms with E-state index in [4.69, 9.17) is 16.3 Å². The molecule has 0 N–H and O–H groups in total. The third kappa shape index (κ3) is 2.80. The molecule has 1 aliphatic rings. The fourth-order valence-corrected chi connectivity index (χ4v) is 2.34. The number of carbonyl (C=O) groups is 1. The molecule has 6 heteroatoms. The van der Waals surface area contributed by atoms with Crippen molar-refractivity contribution in [1.29, 1.82) is 0 Å². The van der Waals surface area contributed by atoms with Gasteiger partial charge in [-0.3, -0.25) is 4.79 Å². The molecule has 2 aromatic carbocycles. The molecule has 3 rings (SSSR count). The van der Waals surface area contributed by atoms with Gasteiger partial charge in [0.15, 0.2) is 0 Å². The number of halogens is 2. The van der Waals surface area contributed by atoms with Crippen LogP contribution in [0.3, 0.4) is 0 Å². The van der Waals surface area contributed by atoms with Gasteiger partial charge in [0.1, 0.15) is 5.82 Å². The Bertz CT molecular complexity index is 746. The van der Waals surface area contributed by atoms with Gasteiger partial charge in [-0.05, 0) is 30.3 Å². The molecule has 1 atom stereocenters. The second-order valence-corrected chi connectivity index (χ2v) is 5.24. The molecular formula is C16H12ClFN2O2. The van der Waals surface area contributed by atoms with Crippen LogP contribution in [0.25, 0.3) is 0 Å². The fraction of sp³-hybridized carbons (Fsp3) is 0.125. The molecule has 0 fully saturated rings. The molecule has 1 aliphatic heterocycles. The molecule has 0 aromatic heterocycles. The van der Waals surface area contributed by atoms with Crippen LogP contribution in [0.15, 0.2) is 53.6 Å². The second kappa shape index (κ2) is 5.77. The summed E-state index contributed by atoms with van der Waals surface area (Å²) in [5, 5.41) is 5.98. The van der Waals surface area contributed by atoms with Crippen molar-refractivity contribution >= 4 is 23.4 Å². The monoisotopic (exact) mass is 318 g/mol. The van der Waals surface area contributed by atoms with E-state index in [1.807, 2.05) is 0 Å². The lowest BCUT2D eigenvalue weighted by Gasteiger charge is -2.19. The standard InChI is InChI=1S/C16H12ClFN2O2/c1-10(21)20-16(11-5-7-14(18)8-6-11)22-15(19-20)12-3-2-4-13(17)9-12/h2-9,16H,1H3/t16-/m0/s1. The number of amides is 1. The van der Waals surface area contributed by atoms with Crippen LogP contribution < -0.4 is 0 Å². The van der Waals surface area contributed by atoms with E-state index in [2.05, 4.69) is 5.10 Å². The first-order valence-electron chi connectivity index (χ1n) is 6.61. The van der Waals surface area contributed by atoms with E-state index in [1.165, 1.54) is 24.1 Å². The van der Waals surface area contributed by atoms with Crippen molar-refractivity contribution in [3.8, 4) is 0 Å². The third-order valence-corrected chi connectivity index (χ3v) is 3.43. The predicted octanol–water partition coefficient (Wildman–Crippen LogP) is 3.72. The van der Waals surface area contributed by atoms with Crippen molar-refractivity contribution < 1.29 is 13.9 Å². The molecule has 2 aromatic rings. The molecule has 22 heavy (non-hydrogen) atoms. The smallest absolute Gasteiger partial charge is 0.243 e. The van der Waals surface area contributed by atoms with E-state index in [-0.39, 0.29) is 11.7 Å². The van der Waals surface area contributed by atoms with E-state index < -0.39 is 6.23 Å². The summed E-state index contributed by atoms with van der Waals surface area (Å²) in [5.74, 6) is -0.328. The topological polar surface area (TPSA) is 41.9 Å². The van der Waals surface area contributed by atoms with Crippen LogP contribution in [0, 0.1) is 5.82 Å². The van der Waals surface area contributed by atoms with Gasteiger partial charge in [-0.2, -0.15) is 5.01 Å². The maximum Gasteiger partial charge on any atom is 0.243 e. The lowest BCUT2D eigenvalue weighted by atomic mass is 10.2. The number of carbonyl (C=O) groups excluding carboxylic acids is 1. The van der Waals surface area contributed by atoms with Crippen LogP contribution in [-0.4, -0.2) is 16.8 Å². The molecule has 0 spiro atoms. The van der Waals surface area contributed by atoms with Crippen molar-refractivity contribution in [1.82, 2.24) is 5.01 Å². The first kappa shape index (κ1) is 14.5. The van der Waals surface area contributed by atoms with E-state index in [9.17, 15) is 9.18 Å². The minimum Gasteiger partial charge on any atom is -0.446 e. The summed E-state index contributed by atoms with van der Waals surface area (Å²) in [5.41, 5.74) is 1.31. The van der Waals surface area contributed by atoms with Gasteiger partial charge in [0.25, 0.3) is 0 Å². The molecule has 0 bridgehead atoms. The minimum absolute atomic E-state index is 0.272. The molecule has 1 amide bonds. The fourth-order valence-electron chi connectivity index (χ4n) is 2.15. The Morgan fingerprint density at radius 2 is 2.00 bits per heavy atom. The number of benzene rings is 2. The highest BCUT2D eigenvalue weighted by Gasteiger charge is 2.33. The average Bonchev–Trinajstić information content (AvgIpc) is 2.93. The van der Waals surface area contributed by atoms with Crippen LogP contribution in [0.4, 0.5) is 4.39 Å². The third-order valence-electron chi connectivity index (χ3n) is 3.19. The van der Waals surface area contributed by atoms with Gasteiger partial charge in [0.2, 0.25) is 18.0 Å². The van der Waals surface area contributed by atoms with Gasteiger partial charge >= 0.3 is 0 Å². The van der Waals surface area contributed by atoms with E-state index in [0.717, 1.165) is 0 Å². The van der Waals surface area contributed by atoms with Crippen LogP contribution in [0.2, 0.25) is 5.02 Å². The van der Waals surface area contributed by atoms with Crippen molar-refractivity contribution in [2.75, 3.05) is 0 Å². The van der Waals surface area contributed by atoms with Gasteiger partial charge < -0.3 is 4.74 Å². The number of hydrogen-bond acceptors (Lipinski definition) is 3. The van der Waals surface area contributed by atoms with Gasteiger partial charge in [-0.15, -0.1) is 5.10 Å². The van der Waals surface area contributed by atoms with Crippen molar-refractivity contribution in [3.63, 3.8) is 0 Å². The van der Waals surface area contributed by atoms with Gasteiger partial charge in [0.05, 0.1) is 0 Å². The van der Waals surface area contributed by atoms with Crippen LogP contribution in [0.1, 0.15) is 24.3 Å². The predicted molar refractivity (Wildman–Crippen MR) is 80.7 cm³/mol. The molecule has 1 heterocycles. The molecular weight excluding hydrogens is 307 g/mol. The lowest BCUT2D eigenvalue weighted by Crippen LogP contribution is -2.25. The second-order valence-electron chi connectivity index (χ2n) is 4.80. The SMILES string of the molecule is CC(=O)N1N=C(c2cccc(Cl)c2)O[C@H]1c1ccc(F)cc1. The number of nitrogens with zero attached hydrogens (tertiary/aromatic N) is 2. The maximum absolute atomic E-state index is 13.1. The first-order valence-corrected chi connectivity index (χ1v) is 6.99. The Kier molecular flexibility index (Phi) is 3.81. The van der Waals surface area contributed by atoms with Gasteiger partial charge in [0, 0.05) is 23.1 Å². The Labute approximate surface area is 131 Å². The Hall–Kier alpha value is -2.40. The van der Waals surface area contributed by atoms with Crippen molar-refractivity contribution in [2.24, 2.45) is 5.10 Å².